The van der Waals surface area contributed by atoms with Gasteiger partial charge in [0.15, 0.2) is 0 Å². The third-order valence-electron chi connectivity index (χ3n) is 1.73. The molecule has 0 aliphatic carbocycles. The van der Waals surface area contributed by atoms with Gasteiger partial charge < -0.3 is 4.74 Å². The molecule has 0 atom stereocenters. The number of nitrogens with zero attached hydrogens (tertiary/aromatic N) is 2. The molecule has 0 saturated carbocycles. The summed E-state index contributed by atoms with van der Waals surface area (Å²) in [6.07, 6.45) is 4.79. The molecule has 86 valence electrons. The Bertz CT molecular complexity index is 481. The summed E-state index contributed by atoms with van der Waals surface area (Å²) in [6.45, 7) is 5.49. The number of amides is 1. The lowest BCUT2D eigenvalue weighted by atomic mass is 10.2. The predicted octanol–water partition coefficient (Wildman–Crippen LogP) is 2.74. The molecule has 2 aromatic rings. The molecule has 0 bridgehead atoms. The van der Waals surface area contributed by atoms with E-state index in [0.717, 1.165) is 9.83 Å². The van der Waals surface area contributed by atoms with Crippen molar-refractivity contribution in [3.05, 3.63) is 18.7 Å². The topological polar surface area (TPSA) is 55.6 Å². The quantitative estimate of drug-likeness (QED) is 0.832. The van der Waals surface area contributed by atoms with Gasteiger partial charge in [-0.25, -0.2) is 9.78 Å². The molecule has 0 aliphatic rings. The summed E-state index contributed by atoms with van der Waals surface area (Å²) in [6, 6.07) is 0. The zero-order chi connectivity index (χ0) is 11.8. The fourth-order valence-corrected chi connectivity index (χ4v) is 2.04. The standard InChI is InChI=1S/C10H13N3O2S/c1-10(2,3)15-9(14)12-7-5-13-6-11-4-8(13)16-7/h4-6H,1-3H3,(H,12,14). The molecule has 2 rings (SSSR count). The second kappa shape index (κ2) is 3.79. The molecule has 2 heterocycles. The van der Waals surface area contributed by atoms with Crippen LogP contribution in [0.15, 0.2) is 18.7 Å². The second-order valence-electron chi connectivity index (χ2n) is 4.36. The Morgan fingerprint density at radius 1 is 1.56 bits per heavy atom. The van der Waals surface area contributed by atoms with Crippen LogP contribution in [-0.4, -0.2) is 21.1 Å². The van der Waals surface area contributed by atoms with Crippen molar-refractivity contribution < 1.29 is 9.53 Å². The molecule has 5 nitrogen and oxygen atoms in total. The van der Waals surface area contributed by atoms with E-state index in [1.165, 1.54) is 11.3 Å². The van der Waals surface area contributed by atoms with Crippen LogP contribution in [0, 0.1) is 0 Å². The van der Waals surface area contributed by atoms with E-state index in [-0.39, 0.29) is 0 Å². The van der Waals surface area contributed by atoms with Gasteiger partial charge in [0.1, 0.15) is 15.4 Å². The normalized spacial score (nSPS) is 11.7. The third-order valence-corrected chi connectivity index (χ3v) is 2.68. The smallest absolute Gasteiger partial charge is 0.412 e. The molecular formula is C10H13N3O2S. The number of carbonyl (C=O) groups is 1. The first-order valence-corrected chi connectivity index (χ1v) is 5.67. The van der Waals surface area contributed by atoms with Crippen LogP contribution in [0.1, 0.15) is 20.8 Å². The summed E-state index contributed by atoms with van der Waals surface area (Å²) in [5, 5.41) is 3.43. The molecule has 1 amide bonds. The SMILES string of the molecule is CC(C)(C)OC(=O)Nc1cn2cncc2s1. The molecule has 1 N–H and O–H groups in total. The zero-order valence-corrected chi connectivity index (χ0v) is 10.2. The minimum atomic E-state index is -0.481. The van der Waals surface area contributed by atoms with Crippen LogP contribution in [0.3, 0.4) is 0 Å². The first kappa shape index (κ1) is 10.9. The highest BCUT2D eigenvalue weighted by molar-refractivity contribution is 7.21. The highest BCUT2D eigenvalue weighted by Crippen LogP contribution is 2.22. The lowest BCUT2D eigenvalue weighted by Crippen LogP contribution is -2.26. The van der Waals surface area contributed by atoms with Crippen LogP contribution < -0.4 is 5.32 Å². The number of aromatic nitrogens is 2. The van der Waals surface area contributed by atoms with Gasteiger partial charge in [-0.3, -0.25) is 9.72 Å². The number of anilines is 1. The lowest BCUT2D eigenvalue weighted by molar-refractivity contribution is 0.0636. The van der Waals surface area contributed by atoms with E-state index in [4.69, 9.17) is 4.74 Å². The minimum Gasteiger partial charge on any atom is -0.444 e. The lowest BCUT2D eigenvalue weighted by Gasteiger charge is -2.19. The molecule has 2 aromatic heterocycles. The van der Waals surface area contributed by atoms with Gasteiger partial charge in [-0.2, -0.15) is 0 Å². The summed E-state index contributed by atoms with van der Waals surface area (Å²) in [7, 11) is 0. The van der Waals surface area contributed by atoms with Gasteiger partial charge in [-0.05, 0) is 20.8 Å². The molecular weight excluding hydrogens is 226 g/mol. The number of imidazole rings is 1. The fraction of sp³-hybridized carbons (Fsp3) is 0.400. The van der Waals surface area contributed by atoms with E-state index in [0.29, 0.717) is 0 Å². The van der Waals surface area contributed by atoms with Gasteiger partial charge in [0.2, 0.25) is 0 Å². The average Bonchev–Trinajstić information content (AvgIpc) is 2.58. The Morgan fingerprint density at radius 2 is 2.31 bits per heavy atom. The molecule has 0 aromatic carbocycles. The molecule has 0 unspecified atom stereocenters. The predicted molar refractivity (Wildman–Crippen MR) is 62.9 cm³/mol. The van der Waals surface area contributed by atoms with Gasteiger partial charge in [0, 0.05) is 6.20 Å². The highest BCUT2D eigenvalue weighted by atomic mass is 32.1. The third kappa shape index (κ3) is 2.52. The number of hydrogen-bond donors (Lipinski definition) is 1. The fourth-order valence-electron chi connectivity index (χ4n) is 1.20. The van der Waals surface area contributed by atoms with Crippen molar-refractivity contribution in [2.75, 3.05) is 5.32 Å². The number of nitrogens with one attached hydrogen (secondary N) is 1. The van der Waals surface area contributed by atoms with Gasteiger partial charge in [0.05, 0.1) is 12.5 Å². The molecule has 0 fully saturated rings. The van der Waals surface area contributed by atoms with Gasteiger partial charge in [0.25, 0.3) is 0 Å². The summed E-state index contributed by atoms with van der Waals surface area (Å²) in [5.74, 6) is 0. The van der Waals surface area contributed by atoms with Crippen LogP contribution in [0.2, 0.25) is 0 Å². The van der Waals surface area contributed by atoms with E-state index in [9.17, 15) is 4.79 Å². The number of carbonyl (C=O) groups excluding carboxylic acids is 1. The average molecular weight is 239 g/mol. The van der Waals surface area contributed by atoms with Crippen molar-refractivity contribution in [3.63, 3.8) is 0 Å². The maximum atomic E-state index is 11.5. The van der Waals surface area contributed by atoms with Crippen LogP contribution in [0.5, 0.6) is 0 Å². The number of rotatable bonds is 1. The van der Waals surface area contributed by atoms with Gasteiger partial charge in [-0.1, -0.05) is 11.3 Å². The van der Waals surface area contributed by atoms with Gasteiger partial charge >= 0.3 is 6.09 Å². The number of hydrogen-bond acceptors (Lipinski definition) is 4. The summed E-state index contributed by atoms with van der Waals surface area (Å²) >= 11 is 1.45. The van der Waals surface area contributed by atoms with Crippen LogP contribution in [0.25, 0.3) is 4.83 Å². The minimum absolute atomic E-state index is 0.440. The molecule has 6 heteroatoms. The first-order valence-electron chi connectivity index (χ1n) is 4.85. The van der Waals surface area contributed by atoms with E-state index >= 15 is 0 Å². The van der Waals surface area contributed by atoms with Crippen molar-refractivity contribution in [3.8, 4) is 0 Å². The Kier molecular flexibility index (Phi) is 2.59. The molecule has 0 spiro atoms. The zero-order valence-electron chi connectivity index (χ0n) is 9.35. The van der Waals surface area contributed by atoms with Crippen molar-refractivity contribution in [2.45, 2.75) is 26.4 Å². The van der Waals surface area contributed by atoms with E-state index in [2.05, 4.69) is 10.3 Å². The monoisotopic (exact) mass is 239 g/mol. The molecule has 0 saturated heterocycles. The van der Waals surface area contributed by atoms with E-state index in [1.54, 1.807) is 18.7 Å². The molecule has 0 radical (unpaired) electrons. The number of ether oxygens (including phenoxy) is 1. The van der Waals surface area contributed by atoms with Crippen molar-refractivity contribution in [1.82, 2.24) is 9.38 Å². The summed E-state index contributed by atoms with van der Waals surface area (Å²) in [4.78, 5) is 16.4. The Morgan fingerprint density at radius 3 is 2.94 bits per heavy atom. The highest BCUT2D eigenvalue weighted by Gasteiger charge is 2.16. The van der Waals surface area contributed by atoms with Crippen molar-refractivity contribution in [1.29, 1.82) is 0 Å². The van der Waals surface area contributed by atoms with Crippen LogP contribution in [0.4, 0.5) is 9.80 Å². The van der Waals surface area contributed by atoms with Crippen LogP contribution >= 0.6 is 11.3 Å². The van der Waals surface area contributed by atoms with Crippen molar-refractivity contribution >= 4 is 27.3 Å². The largest absolute Gasteiger partial charge is 0.444 e. The Hall–Kier alpha value is -1.56. The van der Waals surface area contributed by atoms with E-state index in [1.807, 2.05) is 25.2 Å². The maximum Gasteiger partial charge on any atom is 0.412 e. The number of fused-ring (bicyclic) bond motifs is 1. The summed E-state index contributed by atoms with van der Waals surface area (Å²) in [5.41, 5.74) is -0.481. The molecule has 16 heavy (non-hydrogen) atoms. The van der Waals surface area contributed by atoms with E-state index < -0.39 is 11.7 Å². The number of thiazole rings is 1. The maximum absolute atomic E-state index is 11.5. The Labute approximate surface area is 97.1 Å². The molecule has 0 aliphatic heterocycles. The van der Waals surface area contributed by atoms with Gasteiger partial charge in [-0.15, -0.1) is 0 Å². The Balaban J connectivity index is 2.05. The van der Waals surface area contributed by atoms with Crippen molar-refractivity contribution in [2.24, 2.45) is 0 Å². The second-order valence-corrected chi connectivity index (χ2v) is 5.42. The first-order chi connectivity index (χ1) is 7.44. The summed E-state index contributed by atoms with van der Waals surface area (Å²) < 4.78 is 6.99. The van der Waals surface area contributed by atoms with Crippen LogP contribution in [-0.2, 0) is 4.74 Å².